The first-order valence-electron chi connectivity index (χ1n) is 7.67. The van der Waals surface area contributed by atoms with E-state index in [1.165, 1.54) is 0 Å². The Balaban J connectivity index is 1.71. The van der Waals surface area contributed by atoms with Crippen LogP contribution in [-0.2, 0) is 9.53 Å². The van der Waals surface area contributed by atoms with Gasteiger partial charge in [0.25, 0.3) is 5.91 Å². The number of carboxylic acid groups (broad SMARTS) is 1. The summed E-state index contributed by atoms with van der Waals surface area (Å²) >= 11 is 0. The van der Waals surface area contributed by atoms with Crippen molar-refractivity contribution in [3.8, 4) is 5.82 Å². The van der Waals surface area contributed by atoms with Crippen molar-refractivity contribution in [2.75, 3.05) is 19.8 Å². The van der Waals surface area contributed by atoms with E-state index in [0.717, 1.165) is 0 Å². The highest BCUT2D eigenvalue weighted by Crippen LogP contribution is 2.30. The van der Waals surface area contributed by atoms with Crippen LogP contribution in [0, 0.1) is 5.41 Å². The van der Waals surface area contributed by atoms with Gasteiger partial charge in [0, 0.05) is 32.2 Å². The number of nitrogens with zero attached hydrogens (tertiary/aromatic N) is 3. The van der Waals surface area contributed by atoms with Crippen LogP contribution in [-0.4, -0.2) is 51.5 Å². The van der Waals surface area contributed by atoms with E-state index in [2.05, 4.69) is 15.4 Å². The molecule has 8 nitrogen and oxygen atoms in total. The number of carbonyl (C=O) groups is 2. The summed E-state index contributed by atoms with van der Waals surface area (Å²) in [5.41, 5.74) is -0.761. The lowest BCUT2D eigenvalue weighted by atomic mass is 9.80. The Kier molecular flexibility index (Phi) is 4.57. The molecule has 1 fully saturated rings. The van der Waals surface area contributed by atoms with Crippen LogP contribution in [0.1, 0.15) is 23.3 Å². The summed E-state index contributed by atoms with van der Waals surface area (Å²) in [7, 11) is 0. The molecular formula is C16H18N4O4. The van der Waals surface area contributed by atoms with E-state index in [0.29, 0.717) is 31.9 Å². The number of hydrogen-bond acceptors (Lipinski definition) is 5. The van der Waals surface area contributed by atoms with Crippen molar-refractivity contribution in [3.63, 3.8) is 0 Å². The standard InChI is InChI=1S/C16H18N4O4/c21-14(17-11-16(15(22)23)5-9-24-10-6-16)12-3-1-4-13(19-12)20-8-2-7-18-20/h1-4,7-8H,5-6,9-11H2,(H,17,21)(H,22,23). The summed E-state index contributed by atoms with van der Waals surface area (Å²) in [6.07, 6.45) is 4.11. The minimum atomic E-state index is -0.979. The molecule has 2 aromatic rings. The first-order chi connectivity index (χ1) is 11.6. The van der Waals surface area contributed by atoms with Crippen molar-refractivity contribution in [1.29, 1.82) is 0 Å². The number of ether oxygens (including phenoxy) is 1. The summed E-state index contributed by atoms with van der Waals surface area (Å²) in [5.74, 6) is -0.799. The van der Waals surface area contributed by atoms with Gasteiger partial charge in [-0.3, -0.25) is 9.59 Å². The number of rotatable bonds is 5. The van der Waals surface area contributed by atoms with E-state index < -0.39 is 17.3 Å². The number of pyridine rings is 1. The van der Waals surface area contributed by atoms with E-state index in [-0.39, 0.29) is 12.2 Å². The van der Waals surface area contributed by atoms with Gasteiger partial charge in [-0.05, 0) is 31.0 Å². The van der Waals surface area contributed by atoms with Crippen molar-refractivity contribution >= 4 is 11.9 Å². The highest BCUT2D eigenvalue weighted by Gasteiger charge is 2.40. The average Bonchev–Trinajstić information content (AvgIpc) is 3.15. The number of hydrogen-bond donors (Lipinski definition) is 2. The van der Waals surface area contributed by atoms with E-state index in [1.54, 1.807) is 41.3 Å². The maximum Gasteiger partial charge on any atom is 0.311 e. The second-order valence-corrected chi connectivity index (χ2v) is 5.71. The smallest absolute Gasteiger partial charge is 0.311 e. The van der Waals surface area contributed by atoms with Crippen LogP contribution < -0.4 is 5.32 Å². The average molecular weight is 330 g/mol. The maximum atomic E-state index is 12.3. The van der Waals surface area contributed by atoms with Crippen LogP contribution in [0.3, 0.4) is 0 Å². The molecule has 1 saturated heterocycles. The van der Waals surface area contributed by atoms with Crippen LogP contribution >= 0.6 is 0 Å². The summed E-state index contributed by atoms with van der Waals surface area (Å²) < 4.78 is 6.77. The van der Waals surface area contributed by atoms with Crippen molar-refractivity contribution in [2.45, 2.75) is 12.8 Å². The molecule has 0 atom stereocenters. The molecule has 2 aromatic heterocycles. The molecule has 1 aliphatic rings. The van der Waals surface area contributed by atoms with Gasteiger partial charge in [0.15, 0.2) is 5.82 Å². The zero-order chi connectivity index (χ0) is 17.0. The van der Waals surface area contributed by atoms with Crippen LogP contribution in [0.4, 0.5) is 0 Å². The first kappa shape index (κ1) is 16.1. The molecule has 0 radical (unpaired) electrons. The molecule has 3 heterocycles. The molecule has 0 aliphatic carbocycles. The van der Waals surface area contributed by atoms with Crippen LogP contribution in [0.2, 0.25) is 0 Å². The van der Waals surface area contributed by atoms with Crippen molar-refractivity contribution in [3.05, 3.63) is 42.4 Å². The van der Waals surface area contributed by atoms with Gasteiger partial charge in [-0.2, -0.15) is 5.10 Å². The lowest BCUT2D eigenvalue weighted by Gasteiger charge is -2.33. The van der Waals surface area contributed by atoms with Crippen LogP contribution in [0.25, 0.3) is 5.82 Å². The molecule has 8 heteroatoms. The third-order valence-electron chi connectivity index (χ3n) is 4.20. The lowest BCUT2D eigenvalue weighted by Crippen LogP contribution is -2.46. The molecule has 24 heavy (non-hydrogen) atoms. The molecule has 0 unspecified atom stereocenters. The van der Waals surface area contributed by atoms with E-state index >= 15 is 0 Å². The van der Waals surface area contributed by atoms with Gasteiger partial charge in [0.05, 0.1) is 5.41 Å². The number of amides is 1. The molecule has 1 aliphatic heterocycles. The fraction of sp³-hybridized carbons (Fsp3) is 0.375. The predicted octanol–water partition coefficient (Wildman–Crippen LogP) is 0.878. The first-order valence-corrected chi connectivity index (χ1v) is 7.67. The molecule has 0 saturated carbocycles. The normalized spacial score (nSPS) is 16.5. The topological polar surface area (TPSA) is 106 Å². The second kappa shape index (κ2) is 6.79. The SMILES string of the molecule is O=C(NCC1(C(=O)O)CCOCC1)c1cccc(-n2cccn2)n1. The third kappa shape index (κ3) is 3.28. The summed E-state index contributed by atoms with van der Waals surface area (Å²) in [4.78, 5) is 28.2. The van der Waals surface area contributed by atoms with Crippen molar-refractivity contribution < 1.29 is 19.4 Å². The Morgan fingerprint density at radius 3 is 2.75 bits per heavy atom. The fourth-order valence-corrected chi connectivity index (χ4v) is 2.65. The van der Waals surface area contributed by atoms with Gasteiger partial charge in [0.1, 0.15) is 5.69 Å². The van der Waals surface area contributed by atoms with Crippen LogP contribution in [0.5, 0.6) is 0 Å². The van der Waals surface area contributed by atoms with Gasteiger partial charge in [0.2, 0.25) is 0 Å². The van der Waals surface area contributed by atoms with Crippen LogP contribution in [0.15, 0.2) is 36.7 Å². The van der Waals surface area contributed by atoms with Crippen molar-refractivity contribution in [1.82, 2.24) is 20.1 Å². The third-order valence-corrected chi connectivity index (χ3v) is 4.20. The van der Waals surface area contributed by atoms with E-state index in [9.17, 15) is 14.7 Å². The molecule has 126 valence electrons. The molecule has 2 N–H and O–H groups in total. The van der Waals surface area contributed by atoms with Gasteiger partial charge in [-0.15, -0.1) is 0 Å². The fourth-order valence-electron chi connectivity index (χ4n) is 2.65. The quantitative estimate of drug-likeness (QED) is 0.843. The largest absolute Gasteiger partial charge is 0.481 e. The number of aliphatic carboxylic acids is 1. The Morgan fingerprint density at radius 1 is 1.29 bits per heavy atom. The Hall–Kier alpha value is -2.74. The monoisotopic (exact) mass is 330 g/mol. The summed E-state index contributed by atoms with van der Waals surface area (Å²) in [6.45, 7) is 0.822. The Morgan fingerprint density at radius 2 is 2.08 bits per heavy atom. The van der Waals surface area contributed by atoms with Gasteiger partial charge < -0.3 is 15.2 Å². The van der Waals surface area contributed by atoms with Gasteiger partial charge in [-0.25, -0.2) is 9.67 Å². The van der Waals surface area contributed by atoms with Crippen molar-refractivity contribution in [2.24, 2.45) is 5.41 Å². The van der Waals surface area contributed by atoms with E-state index in [1.807, 2.05) is 0 Å². The predicted molar refractivity (Wildman–Crippen MR) is 83.8 cm³/mol. The van der Waals surface area contributed by atoms with Gasteiger partial charge >= 0.3 is 5.97 Å². The van der Waals surface area contributed by atoms with E-state index in [4.69, 9.17) is 4.74 Å². The minimum Gasteiger partial charge on any atom is -0.481 e. The number of carbonyl (C=O) groups excluding carboxylic acids is 1. The number of carboxylic acids is 1. The summed E-state index contributed by atoms with van der Waals surface area (Å²) in [6, 6.07) is 6.79. The molecular weight excluding hydrogens is 312 g/mol. The molecule has 0 bridgehead atoms. The Labute approximate surface area is 138 Å². The lowest BCUT2D eigenvalue weighted by molar-refractivity contribution is -0.154. The Bertz CT molecular complexity index is 723. The molecule has 0 spiro atoms. The molecule has 0 aromatic carbocycles. The molecule has 1 amide bonds. The second-order valence-electron chi connectivity index (χ2n) is 5.71. The highest BCUT2D eigenvalue weighted by molar-refractivity contribution is 5.92. The van der Waals surface area contributed by atoms with Gasteiger partial charge in [-0.1, -0.05) is 6.07 Å². The highest BCUT2D eigenvalue weighted by atomic mass is 16.5. The minimum absolute atomic E-state index is 0.0538. The number of aromatic nitrogens is 3. The maximum absolute atomic E-state index is 12.3. The summed E-state index contributed by atoms with van der Waals surface area (Å²) in [5, 5.41) is 16.3. The zero-order valence-corrected chi connectivity index (χ0v) is 13.0. The number of nitrogens with one attached hydrogen (secondary N) is 1. The zero-order valence-electron chi connectivity index (χ0n) is 13.0. The molecule has 3 rings (SSSR count).